The fraction of sp³-hybridized carbons (Fsp3) is 0.615. The first-order chi connectivity index (χ1) is 8.70. The highest BCUT2D eigenvalue weighted by molar-refractivity contribution is 6.31. The number of pyridine rings is 1. The molecule has 0 aliphatic heterocycles. The third-order valence-electron chi connectivity index (χ3n) is 3.53. The number of aromatic nitrogens is 1. The van der Waals surface area contributed by atoms with E-state index < -0.39 is 0 Å². The number of nitrogens with one attached hydrogen (secondary N) is 1. The van der Waals surface area contributed by atoms with Gasteiger partial charge in [-0.15, -0.1) is 0 Å². The third kappa shape index (κ3) is 3.34. The van der Waals surface area contributed by atoms with Crippen LogP contribution in [-0.4, -0.2) is 11.1 Å². The summed E-state index contributed by atoms with van der Waals surface area (Å²) in [6.07, 6.45) is 5.27. The fourth-order valence-corrected chi connectivity index (χ4v) is 2.54. The second-order valence-corrected chi connectivity index (χ2v) is 5.29. The van der Waals surface area contributed by atoms with E-state index in [0.29, 0.717) is 29.5 Å². The molecule has 3 N–H and O–H groups in total. The summed E-state index contributed by atoms with van der Waals surface area (Å²) >= 11 is 6.10. The van der Waals surface area contributed by atoms with Crippen LogP contribution in [0.5, 0.6) is 0 Å². The molecule has 18 heavy (non-hydrogen) atoms. The van der Waals surface area contributed by atoms with Gasteiger partial charge in [-0.05, 0) is 30.9 Å². The fourth-order valence-electron chi connectivity index (χ4n) is 2.38. The molecule has 1 aromatic heterocycles. The number of halogens is 1. The maximum Gasteiger partial charge on any atom is 0.140 e. The van der Waals surface area contributed by atoms with Crippen molar-refractivity contribution >= 4 is 17.4 Å². The number of nitrogens with two attached hydrogens (primary N) is 1. The van der Waals surface area contributed by atoms with Crippen molar-refractivity contribution in [3.8, 4) is 0 Å². The van der Waals surface area contributed by atoms with Crippen molar-refractivity contribution in [2.45, 2.75) is 45.3 Å². The van der Waals surface area contributed by atoms with Gasteiger partial charge in [0.25, 0.3) is 0 Å². The highest BCUT2D eigenvalue weighted by atomic mass is 35.5. The van der Waals surface area contributed by atoms with Crippen LogP contribution in [0.3, 0.4) is 0 Å². The van der Waals surface area contributed by atoms with Crippen molar-refractivity contribution < 1.29 is 4.74 Å². The molecule has 1 aromatic rings. The Morgan fingerprint density at radius 2 is 2.22 bits per heavy atom. The van der Waals surface area contributed by atoms with Crippen molar-refractivity contribution in [3.63, 3.8) is 0 Å². The summed E-state index contributed by atoms with van der Waals surface area (Å²) < 4.78 is 5.95. The molecule has 0 aromatic carbocycles. The van der Waals surface area contributed by atoms with Crippen molar-refractivity contribution in [1.29, 1.82) is 0 Å². The number of nitrogens with zero attached hydrogens (tertiary/aromatic N) is 1. The van der Waals surface area contributed by atoms with E-state index in [1.165, 1.54) is 19.3 Å². The van der Waals surface area contributed by atoms with Crippen LogP contribution in [0.25, 0.3) is 0 Å². The quantitative estimate of drug-likeness (QED) is 0.651. The molecular weight excluding hydrogens is 250 g/mol. The van der Waals surface area contributed by atoms with Gasteiger partial charge < -0.3 is 10.2 Å². The zero-order valence-electron chi connectivity index (χ0n) is 10.7. The molecule has 1 saturated carbocycles. The average Bonchev–Trinajstić information content (AvgIpc) is 2.39. The normalized spacial score (nSPS) is 23.9. The Bertz CT molecular complexity index is 400. The average molecular weight is 270 g/mol. The first-order valence-corrected chi connectivity index (χ1v) is 6.82. The van der Waals surface area contributed by atoms with E-state index in [2.05, 4.69) is 17.3 Å². The number of rotatable bonds is 4. The van der Waals surface area contributed by atoms with Gasteiger partial charge in [-0.25, -0.2) is 10.8 Å². The predicted octanol–water partition coefficient (Wildman–Crippen LogP) is 3.12. The molecule has 2 unspecified atom stereocenters. The van der Waals surface area contributed by atoms with E-state index in [1.807, 2.05) is 0 Å². The number of ether oxygens (including phenoxy) is 1. The van der Waals surface area contributed by atoms with Gasteiger partial charge in [0.05, 0.1) is 23.4 Å². The van der Waals surface area contributed by atoms with Crippen molar-refractivity contribution in [3.05, 3.63) is 22.8 Å². The van der Waals surface area contributed by atoms with Gasteiger partial charge >= 0.3 is 0 Å². The van der Waals surface area contributed by atoms with E-state index in [1.54, 1.807) is 12.1 Å². The number of hydrogen-bond acceptors (Lipinski definition) is 4. The second kappa shape index (κ2) is 6.36. The van der Waals surface area contributed by atoms with Crippen LogP contribution >= 0.6 is 11.6 Å². The topological polar surface area (TPSA) is 60.2 Å². The van der Waals surface area contributed by atoms with Crippen LogP contribution < -0.4 is 11.3 Å². The minimum absolute atomic E-state index is 0.325. The Balaban J connectivity index is 1.96. The van der Waals surface area contributed by atoms with Gasteiger partial charge in [-0.2, -0.15) is 0 Å². The van der Waals surface area contributed by atoms with Crippen molar-refractivity contribution in [2.24, 2.45) is 11.8 Å². The molecular formula is C13H20ClN3O. The lowest BCUT2D eigenvalue weighted by molar-refractivity contribution is -0.0167. The highest BCUT2D eigenvalue weighted by Crippen LogP contribution is 2.27. The Labute approximate surface area is 113 Å². The summed E-state index contributed by atoms with van der Waals surface area (Å²) in [5, 5.41) is 0.623. The molecule has 1 aliphatic rings. The molecule has 0 saturated heterocycles. The number of hydrazine groups is 1. The molecule has 1 heterocycles. The van der Waals surface area contributed by atoms with E-state index in [0.717, 1.165) is 12.1 Å². The zero-order chi connectivity index (χ0) is 13.0. The smallest absolute Gasteiger partial charge is 0.140 e. The third-order valence-corrected chi connectivity index (χ3v) is 3.88. The lowest BCUT2D eigenvalue weighted by Gasteiger charge is -2.28. The minimum atomic E-state index is 0.325. The van der Waals surface area contributed by atoms with Gasteiger partial charge in [0.2, 0.25) is 0 Å². The second-order valence-electron chi connectivity index (χ2n) is 4.88. The molecule has 1 aliphatic carbocycles. The standard InChI is InChI=1S/C13H20ClN3O/c1-9-4-2-3-5-12(9)18-8-11-10(14)6-7-13(16-11)17-15/h6-7,9,12H,2-5,8,15H2,1H3,(H,16,17). The van der Waals surface area contributed by atoms with E-state index in [4.69, 9.17) is 22.2 Å². The number of nitrogen functional groups attached to an aromatic ring is 1. The predicted molar refractivity (Wildman–Crippen MR) is 73.3 cm³/mol. The summed E-state index contributed by atoms with van der Waals surface area (Å²) in [5.74, 6) is 6.56. The summed E-state index contributed by atoms with van der Waals surface area (Å²) in [4.78, 5) is 4.31. The van der Waals surface area contributed by atoms with Crippen molar-refractivity contribution in [1.82, 2.24) is 4.98 Å². The maximum absolute atomic E-state index is 6.10. The molecule has 0 amide bonds. The summed E-state index contributed by atoms with van der Waals surface area (Å²) in [6.45, 7) is 2.69. The molecule has 2 rings (SSSR count). The molecule has 2 atom stereocenters. The zero-order valence-corrected chi connectivity index (χ0v) is 11.4. The minimum Gasteiger partial charge on any atom is -0.372 e. The van der Waals surface area contributed by atoms with Crippen LogP contribution in [0.2, 0.25) is 5.02 Å². The molecule has 4 nitrogen and oxygen atoms in total. The molecule has 0 bridgehead atoms. The van der Waals surface area contributed by atoms with E-state index >= 15 is 0 Å². The molecule has 0 spiro atoms. The van der Waals surface area contributed by atoms with Gasteiger partial charge in [0, 0.05) is 0 Å². The lowest BCUT2D eigenvalue weighted by Crippen LogP contribution is -2.25. The molecule has 100 valence electrons. The Morgan fingerprint density at radius 3 is 2.94 bits per heavy atom. The van der Waals surface area contributed by atoms with E-state index in [9.17, 15) is 0 Å². The van der Waals surface area contributed by atoms with Crippen LogP contribution in [0.15, 0.2) is 12.1 Å². The first-order valence-electron chi connectivity index (χ1n) is 6.44. The SMILES string of the molecule is CC1CCCCC1OCc1nc(NN)ccc1Cl. The van der Waals surface area contributed by atoms with Crippen LogP contribution in [0.4, 0.5) is 5.82 Å². The van der Waals surface area contributed by atoms with Gasteiger partial charge in [0.15, 0.2) is 0 Å². The molecule has 0 radical (unpaired) electrons. The van der Waals surface area contributed by atoms with Gasteiger partial charge in [-0.3, -0.25) is 0 Å². The molecule has 5 heteroatoms. The van der Waals surface area contributed by atoms with Crippen LogP contribution in [-0.2, 0) is 11.3 Å². The molecule has 1 fully saturated rings. The summed E-state index contributed by atoms with van der Waals surface area (Å²) in [7, 11) is 0. The summed E-state index contributed by atoms with van der Waals surface area (Å²) in [5.41, 5.74) is 3.26. The Morgan fingerprint density at radius 1 is 1.44 bits per heavy atom. The van der Waals surface area contributed by atoms with E-state index in [-0.39, 0.29) is 0 Å². The van der Waals surface area contributed by atoms with Crippen LogP contribution in [0.1, 0.15) is 38.3 Å². The summed E-state index contributed by atoms with van der Waals surface area (Å²) in [6, 6.07) is 3.53. The Kier molecular flexibility index (Phi) is 4.80. The number of anilines is 1. The lowest BCUT2D eigenvalue weighted by atomic mass is 9.88. The van der Waals surface area contributed by atoms with Crippen LogP contribution in [0, 0.1) is 5.92 Å². The van der Waals surface area contributed by atoms with Gasteiger partial charge in [-0.1, -0.05) is 31.4 Å². The Hall–Kier alpha value is -0.840. The highest BCUT2D eigenvalue weighted by Gasteiger charge is 2.22. The monoisotopic (exact) mass is 269 g/mol. The number of hydrogen-bond donors (Lipinski definition) is 2. The first kappa shape index (κ1) is 13.6. The van der Waals surface area contributed by atoms with Crippen molar-refractivity contribution in [2.75, 3.05) is 5.43 Å². The maximum atomic E-state index is 6.10. The largest absolute Gasteiger partial charge is 0.372 e. The van der Waals surface area contributed by atoms with Gasteiger partial charge in [0.1, 0.15) is 5.82 Å².